The van der Waals surface area contributed by atoms with Crippen LogP contribution in [0.3, 0.4) is 0 Å². The minimum atomic E-state index is 0.566. The van der Waals surface area contributed by atoms with Gasteiger partial charge in [0.05, 0.1) is 6.61 Å². The number of ether oxygens (including phenoxy) is 1. The summed E-state index contributed by atoms with van der Waals surface area (Å²) in [5.41, 5.74) is 1.68. The highest BCUT2D eigenvalue weighted by molar-refractivity contribution is 5.75. The van der Waals surface area contributed by atoms with Gasteiger partial charge < -0.3 is 4.74 Å². The summed E-state index contributed by atoms with van der Waals surface area (Å²) in [5, 5.41) is 0. The van der Waals surface area contributed by atoms with Crippen LogP contribution in [0.15, 0.2) is 18.2 Å². The zero-order valence-electron chi connectivity index (χ0n) is 9.75. The average Bonchev–Trinajstić information content (AvgIpc) is 2.31. The monoisotopic (exact) mass is 216 g/mol. The number of carbonyl (C=O) groups is 1. The van der Waals surface area contributed by atoms with Crippen molar-refractivity contribution in [3.8, 4) is 17.6 Å². The molecule has 16 heavy (non-hydrogen) atoms. The molecule has 0 aliphatic heterocycles. The molecule has 0 spiro atoms. The minimum absolute atomic E-state index is 0.566. The first kappa shape index (κ1) is 12.3. The number of rotatable bonds is 4. The summed E-state index contributed by atoms with van der Waals surface area (Å²) in [4.78, 5) is 10.6. The predicted molar refractivity (Wildman–Crippen MR) is 64.7 cm³/mol. The van der Waals surface area contributed by atoms with Crippen molar-refractivity contribution >= 4 is 6.29 Å². The number of hydrogen-bond donors (Lipinski definition) is 0. The average molecular weight is 216 g/mol. The fourth-order valence-corrected chi connectivity index (χ4v) is 1.27. The number of carbonyl (C=O) groups excluding carboxylic acids is 1. The standard InChI is InChI=1S/C14H16O2/c1-3-4-5-6-9-16-14-10-13(11-15)8-7-12(14)2/h7-8,10-11H,3,6,9H2,1-2H3. The van der Waals surface area contributed by atoms with Crippen LogP contribution >= 0.6 is 0 Å². The molecular weight excluding hydrogens is 200 g/mol. The maximum Gasteiger partial charge on any atom is 0.150 e. The second kappa shape index (κ2) is 6.68. The number of aryl methyl sites for hydroxylation is 1. The highest BCUT2D eigenvalue weighted by atomic mass is 16.5. The van der Waals surface area contributed by atoms with Gasteiger partial charge in [0.1, 0.15) is 12.0 Å². The van der Waals surface area contributed by atoms with E-state index in [9.17, 15) is 4.79 Å². The van der Waals surface area contributed by atoms with E-state index in [0.29, 0.717) is 12.2 Å². The normalized spacial score (nSPS) is 9.12. The Bertz CT molecular complexity index is 410. The highest BCUT2D eigenvalue weighted by Gasteiger charge is 2.00. The van der Waals surface area contributed by atoms with Gasteiger partial charge in [-0.3, -0.25) is 4.79 Å². The second-order valence-corrected chi connectivity index (χ2v) is 3.45. The van der Waals surface area contributed by atoms with E-state index in [1.807, 2.05) is 19.9 Å². The predicted octanol–water partition coefficient (Wildman–Crippen LogP) is 2.99. The van der Waals surface area contributed by atoms with Crippen molar-refractivity contribution in [2.45, 2.75) is 26.7 Å². The molecule has 1 aromatic rings. The number of aldehydes is 1. The van der Waals surface area contributed by atoms with Crippen molar-refractivity contribution in [3.63, 3.8) is 0 Å². The molecule has 1 rings (SSSR count). The van der Waals surface area contributed by atoms with E-state index in [1.54, 1.807) is 12.1 Å². The van der Waals surface area contributed by atoms with Crippen LogP contribution in [0, 0.1) is 18.8 Å². The molecule has 0 saturated carbocycles. The molecule has 0 atom stereocenters. The first-order chi connectivity index (χ1) is 7.77. The highest BCUT2D eigenvalue weighted by Crippen LogP contribution is 2.18. The minimum Gasteiger partial charge on any atom is -0.492 e. The first-order valence-electron chi connectivity index (χ1n) is 5.42. The lowest BCUT2D eigenvalue weighted by Crippen LogP contribution is -1.98. The van der Waals surface area contributed by atoms with Gasteiger partial charge in [-0.1, -0.05) is 25.0 Å². The van der Waals surface area contributed by atoms with E-state index >= 15 is 0 Å². The molecule has 0 fully saturated rings. The molecule has 2 heteroatoms. The summed E-state index contributed by atoms with van der Waals surface area (Å²) in [6, 6.07) is 5.43. The maximum absolute atomic E-state index is 10.6. The summed E-state index contributed by atoms with van der Waals surface area (Å²) in [5.74, 6) is 6.76. The Morgan fingerprint density at radius 3 is 2.88 bits per heavy atom. The Labute approximate surface area is 96.6 Å². The van der Waals surface area contributed by atoms with Crippen LogP contribution in [0.25, 0.3) is 0 Å². The summed E-state index contributed by atoms with van der Waals surface area (Å²) in [6.07, 6.45) is 2.42. The summed E-state index contributed by atoms with van der Waals surface area (Å²) >= 11 is 0. The third-order valence-corrected chi connectivity index (χ3v) is 2.13. The van der Waals surface area contributed by atoms with Crippen LogP contribution < -0.4 is 4.74 Å². The van der Waals surface area contributed by atoms with E-state index in [1.165, 1.54) is 0 Å². The Balaban J connectivity index is 2.55. The molecule has 0 amide bonds. The van der Waals surface area contributed by atoms with E-state index in [0.717, 1.165) is 30.4 Å². The molecular formula is C14H16O2. The fraction of sp³-hybridized carbons (Fsp3) is 0.357. The quantitative estimate of drug-likeness (QED) is 0.439. The molecule has 0 bridgehead atoms. The van der Waals surface area contributed by atoms with Gasteiger partial charge in [-0.05, 0) is 18.6 Å². The van der Waals surface area contributed by atoms with Gasteiger partial charge in [-0.25, -0.2) is 0 Å². The summed E-state index contributed by atoms with van der Waals surface area (Å²) < 4.78 is 5.56. The zero-order valence-corrected chi connectivity index (χ0v) is 9.75. The van der Waals surface area contributed by atoms with Crippen molar-refractivity contribution < 1.29 is 9.53 Å². The smallest absolute Gasteiger partial charge is 0.150 e. The van der Waals surface area contributed by atoms with Crippen LogP contribution in [0.2, 0.25) is 0 Å². The maximum atomic E-state index is 10.6. The number of benzene rings is 1. The first-order valence-corrected chi connectivity index (χ1v) is 5.42. The Kier molecular flexibility index (Phi) is 5.15. The van der Waals surface area contributed by atoms with Gasteiger partial charge in [-0.2, -0.15) is 0 Å². The zero-order chi connectivity index (χ0) is 11.8. The molecule has 0 aliphatic rings. The molecule has 0 unspecified atom stereocenters. The molecule has 0 radical (unpaired) electrons. The van der Waals surface area contributed by atoms with E-state index in [4.69, 9.17) is 4.74 Å². The van der Waals surface area contributed by atoms with Gasteiger partial charge in [0.2, 0.25) is 0 Å². The van der Waals surface area contributed by atoms with Gasteiger partial charge in [-0.15, -0.1) is 5.92 Å². The third-order valence-electron chi connectivity index (χ3n) is 2.13. The van der Waals surface area contributed by atoms with E-state index in [-0.39, 0.29) is 0 Å². The Morgan fingerprint density at radius 2 is 2.19 bits per heavy atom. The molecule has 84 valence electrons. The van der Waals surface area contributed by atoms with Crippen molar-refractivity contribution in [1.82, 2.24) is 0 Å². The molecule has 0 aromatic heterocycles. The van der Waals surface area contributed by atoms with E-state index < -0.39 is 0 Å². The fourth-order valence-electron chi connectivity index (χ4n) is 1.27. The largest absolute Gasteiger partial charge is 0.492 e. The van der Waals surface area contributed by atoms with Gasteiger partial charge in [0.15, 0.2) is 0 Å². The SMILES string of the molecule is CCC#CCCOc1cc(C=O)ccc1C. The summed E-state index contributed by atoms with van der Waals surface area (Å²) in [7, 11) is 0. The van der Waals surface area contributed by atoms with Crippen molar-refractivity contribution in [3.05, 3.63) is 29.3 Å². The van der Waals surface area contributed by atoms with Crippen LogP contribution in [0.4, 0.5) is 0 Å². The topological polar surface area (TPSA) is 26.3 Å². The van der Waals surface area contributed by atoms with Crippen LogP contribution in [-0.4, -0.2) is 12.9 Å². The lowest BCUT2D eigenvalue weighted by atomic mass is 10.1. The molecule has 0 saturated heterocycles. The molecule has 0 heterocycles. The van der Waals surface area contributed by atoms with Crippen molar-refractivity contribution in [2.24, 2.45) is 0 Å². The molecule has 1 aromatic carbocycles. The van der Waals surface area contributed by atoms with Gasteiger partial charge in [0, 0.05) is 18.4 Å². The second-order valence-electron chi connectivity index (χ2n) is 3.45. The van der Waals surface area contributed by atoms with E-state index in [2.05, 4.69) is 11.8 Å². The number of hydrogen-bond acceptors (Lipinski definition) is 2. The third kappa shape index (κ3) is 3.78. The van der Waals surface area contributed by atoms with Crippen molar-refractivity contribution in [2.75, 3.05) is 6.61 Å². The van der Waals surface area contributed by atoms with Crippen molar-refractivity contribution in [1.29, 1.82) is 0 Å². The van der Waals surface area contributed by atoms with Crippen LogP contribution in [-0.2, 0) is 0 Å². The molecule has 0 aliphatic carbocycles. The van der Waals surface area contributed by atoms with Crippen LogP contribution in [0.1, 0.15) is 35.7 Å². The molecule has 2 nitrogen and oxygen atoms in total. The summed E-state index contributed by atoms with van der Waals surface area (Å²) in [6.45, 7) is 4.54. The Hall–Kier alpha value is -1.75. The van der Waals surface area contributed by atoms with Crippen LogP contribution in [0.5, 0.6) is 5.75 Å². The lowest BCUT2D eigenvalue weighted by Gasteiger charge is -2.07. The molecule has 0 N–H and O–H groups in total. The van der Waals surface area contributed by atoms with Gasteiger partial charge >= 0.3 is 0 Å². The van der Waals surface area contributed by atoms with Gasteiger partial charge in [0.25, 0.3) is 0 Å². The Morgan fingerprint density at radius 1 is 1.38 bits per heavy atom. The lowest BCUT2D eigenvalue weighted by molar-refractivity contribution is 0.112.